The van der Waals surface area contributed by atoms with Crippen LogP contribution in [0, 0.1) is 5.41 Å². The predicted molar refractivity (Wildman–Crippen MR) is 74.9 cm³/mol. The number of nitrogens with two attached hydrogens (primary N) is 1. The lowest BCUT2D eigenvalue weighted by atomic mass is 9.78. The molecular weight excluding hydrogens is 244 g/mol. The van der Waals surface area contributed by atoms with E-state index in [0.29, 0.717) is 32.9 Å². The van der Waals surface area contributed by atoms with Crippen LogP contribution in [0.25, 0.3) is 0 Å². The molecule has 19 heavy (non-hydrogen) atoms. The first-order valence-electron chi connectivity index (χ1n) is 7.19. The molecule has 0 aliphatic carbocycles. The van der Waals surface area contributed by atoms with Crippen LogP contribution in [0.5, 0.6) is 0 Å². The molecule has 1 aliphatic rings. The summed E-state index contributed by atoms with van der Waals surface area (Å²) in [6.45, 7) is 7.02. The molecule has 0 spiro atoms. The zero-order valence-electron chi connectivity index (χ0n) is 12.5. The molecule has 1 atom stereocenters. The summed E-state index contributed by atoms with van der Waals surface area (Å²) < 4.78 is 10.5. The van der Waals surface area contributed by atoms with E-state index in [-0.39, 0.29) is 11.9 Å². The Hall–Kier alpha value is -0.650. The number of amides is 1. The second kappa shape index (κ2) is 7.82. The lowest BCUT2D eigenvalue weighted by Crippen LogP contribution is -2.54. The van der Waals surface area contributed by atoms with E-state index in [2.05, 4.69) is 13.8 Å². The molecule has 1 heterocycles. The highest BCUT2D eigenvalue weighted by Gasteiger charge is 2.42. The summed E-state index contributed by atoms with van der Waals surface area (Å²) in [6.07, 6.45) is 2.39. The van der Waals surface area contributed by atoms with Crippen LogP contribution in [-0.2, 0) is 14.3 Å². The minimum atomic E-state index is -0.435. The minimum Gasteiger partial charge on any atom is -0.383 e. The largest absolute Gasteiger partial charge is 0.383 e. The SMILES string of the molecule is CCC(C)N(CCOC)C(=O)C1(CN)CCOCC1. The summed E-state index contributed by atoms with van der Waals surface area (Å²) in [7, 11) is 1.66. The van der Waals surface area contributed by atoms with Crippen LogP contribution in [0.2, 0.25) is 0 Å². The maximum Gasteiger partial charge on any atom is 0.230 e. The number of hydrogen-bond donors (Lipinski definition) is 1. The fourth-order valence-electron chi connectivity index (χ4n) is 2.50. The van der Waals surface area contributed by atoms with Gasteiger partial charge in [-0.1, -0.05) is 6.92 Å². The Kier molecular flexibility index (Phi) is 6.75. The first-order chi connectivity index (χ1) is 9.11. The first-order valence-corrected chi connectivity index (χ1v) is 7.19. The molecule has 1 aliphatic heterocycles. The molecule has 5 heteroatoms. The summed E-state index contributed by atoms with van der Waals surface area (Å²) >= 11 is 0. The number of ether oxygens (including phenoxy) is 2. The molecule has 0 saturated carbocycles. The lowest BCUT2D eigenvalue weighted by molar-refractivity contribution is -0.150. The first kappa shape index (κ1) is 16.4. The molecule has 5 nitrogen and oxygen atoms in total. The third-order valence-electron chi connectivity index (χ3n) is 4.21. The zero-order chi connectivity index (χ0) is 14.3. The van der Waals surface area contributed by atoms with Crippen molar-refractivity contribution in [3.05, 3.63) is 0 Å². The molecule has 1 fully saturated rings. The summed E-state index contributed by atoms with van der Waals surface area (Å²) in [5, 5.41) is 0. The Labute approximate surface area is 116 Å². The normalized spacial score (nSPS) is 20.0. The van der Waals surface area contributed by atoms with Gasteiger partial charge in [0.15, 0.2) is 0 Å². The molecule has 2 N–H and O–H groups in total. The van der Waals surface area contributed by atoms with Gasteiger partial charge >= 0.3 is 0 Å². The van der Waals surface area contributed by atoms with Crippen molar-refractivity contribution in [2.24, 2.45) is 11.1 Å². The maximum atomic E-state index is 12.9. The molecule has 0 radical (unpaired) electrons. The molecule has 1 rings (SSSR count). The fourth-order valence-corrected chi connectivity index (χ4v) is 2.50. The van der Waals surface area contributed by atoms with Crippen molar-refractivity contribution >= 4 is 5.91 Å². The van der Waals surface area contributed by atoms with Crippen LogP contribution in [-0.4, -0.2) is 56.9 Å². The number of rotatable bonds is 7. The van der Waals surface area contributed by atoms with Gasteiger partial charge < -0.3 is 20.1 Å². The van der Waals surface area contributed by atoms with Crippen molar-refractivity contribution in [3.63, 3.8) is 0 Å². The second-order valence-corrected chi connectivity index (χ2v) is 5.35. The van der Waals surface area contributed by atoms with E-state index < -0.39 is 5.41 Å². The highest BCUT2D eigenvalue weighted by molar-refractivity contribution is 5.83. The molecule has 0 aromatic rings. The van der Waals surface area contributed by atoms with Crippen molar-refractivity contribution in [2.75, 3.05) is 40.0 Å². The van der Waals surface area contributed by atoms with E-state index in [1.54, 1.807) is 7.11 Å². The van der Waals surface area contributed by atoms with Gasteiger partial charge in [-0.05, 0) is 26.2 Å². The monoisotopic (exact) mass is 272 g/mol. The number of carbonyl (C=O) groups is 1. The number of carbonyl (C=O) groups excluding carboxylic acids is 1. The fraction of sp³-hybridized carbons (Fsp3) is 0.929. The van der Waals surface area contributed by atoms with E-state index in [0.717, 1.165) is 19.3 Å². The van der Waals surface area contributed by atoms with Crippen molar-refractivity contribution in [1.82, 2.24) is 4.90 Å². The van der Waals surface area contributed by atoms with Gasteiger partial charge in [0.1, 0.15) is 0 Å². The molecule has 0 bridgehead atoms. The van der Waals surface area contributed by atoms with Crippen LogP contribution >= 0.6 is 0 Å². The van der Waals surface area contributed by atoms with Gasteiger partial charge in [0.05, 0.1) is 12.0 Å². The Balaban J connectivity index is 2.82. The molecule has 1 unspecified atom stereocenters. The van der Waals surface area contributed by atoms with Gasteiger partial charge in [0.25, 0.3) is 0 Å². The van der Waals surface area contributed by atoms with Crippen molar-refractivity contribution in [3.8, 4) is 0 Å². The third kappa shape index (κ3) is 3.91. The summed E-state index contributed by atoms with van der Waals surface area (Å²) in [6, 6.07) is 0.217. The number of methoxy groups -OCH3 is 1. The van der Waals surface area contributed by atoms with E-state index in [1.165, 1.54) is 0 Å². The van der Waals surface area contributed by atoms with Crippen molar-refractivity contribution in [1.29, 1.82) is 0 Å². The van der Waals surface area contributed by atoms with Gasteiger partial charge in [0, 0.05) is 39.5 Å². The molecule has 1 saturated heterocycles. The summed E-state index contributed by atoms with van der Waals surface area (Å²) in [5.74, 6) is 0.171. The predicted octanol–water partition coefficient (Wildman–Crippen LogP) is 1.02. The second-order valence-electron chi connectivity index (χ2n) is 5.35. The van der Waals surface area contributed by atoms with Gasteiger partial charge in [-0.2, -0.15) is 0 Å². The zero-order valence-corrected chi connectivity index (χ0v) is 12.5. The maximum absolute atomic E-state index is 12.9. The van der Waals surface area contributed by atoms with Crippen molar-refractivity contribution in [2.45, 2.75) is 39.2 Å². The summed E-state index contributed by atoms with van der Waals surface area (Å²) in [4.78, 5) is 14.8. The Morgan fingerprint density at radius 2 is 2.11 bits per heavy atom. The van der Waals surface area contributed by atoms with Crippen LogP contribution in [0.4, 0.5) is 0 Å². The Morgan fingerprint density at radius 3 is 2.58 bits per heavy atom. The smallest absolute Gasteiger partial charge is 0.230 e. The van der Waals surface area contributed by atoms with Gasteiger partial charge in [-0.25, -0.2) is 0 Å². The topological polar surface area (TPSA) is 64.8 Å². The molecular formula is C14H28N2O3. The number of hydrogen-bond acceptors (Lipinski definition) is 4. The minimum absolute atomic E-state index is 0.171. The molecule has 0 aromatic carbocycles. The molecule has 1 amide bonds. The van der Waals surface area contributed by atoms with Crippen LogP contribution in [0.1, 0.15) is 33.1 Å². The Morgan fingerprint density at radius 1 is 1.47 bits per heavy atom. The van der Waals surface area contributed by atoms with E-state index in [1.807, 2.05) is 4.90 Å². The average Bonchev–Trinajstić information content (AvgIpc) is 2.47. The van der Waals surface area contributed by atoms with Gasteiger partial charge in [-0.15, -0.1) is 0 Å². The lowest BCUT2D eigenvalue weighted by Gasteiger charge is -2.41. The standard InChI is InChI=1S/C14H28N2O3/c1-4-12(2)16(7-10-18-3)13(17)14(11-15)5-8-19-9-6-14/h12H,4-11,15H2,1-3H3. The van der Waals surface area contributed by atoms with Gasteiger partial charge in [-0.3, -0.25) is 4.79 Å². The average molecular weight is 272 g/mol. The van der Waals surface area contributed by atoms with E-state index in [9.17, 15) is 4.79 Å². The molecule has 112 valence electrons. The highest BCUT2D eigenvalue weighted by Crippen LogP contribution is 2.32. The van der Waals surface area contributed by atoms with E-state index >= 15 is 0 Å². The molecule has 0 aromatic heterocycles. The van der Waals surface area contributed by atoms with E-state index in [4.69, 9.17) is 15.2 Å². The summed E-state index contributed by atoms with van der Waals surface area (Å²) in [5.41, 5.74) is 5.48. The van der Waals surface area contributed by atoms with Gasteiger partial charge in [0.2, 0.25) is 5.91 Å². The van der Waals surface area contributed by atoms with Crippen LogP contribution in [0.3, 0.4) is 0 Å². The quantitative estimate of drug-likeness (QED) is 0.751. The van der Waals surface area contributed by atoms with Crippen LogP contribution < -0.4 is 5.73 Å². The third-order valence-corrected chi connectivity index (χ3v) is 4.21. The highest BCUT2D eigenvalue weighted by atomic mass is 16.5. The van der Waals surface area contributed by atoms with Crippen LogP contribution in [0.15, 0.2) is 0 Å². The Bertz CT molecular complexity index is 278. The number of nitrogens with zero attached hydrogens (tertiary/aromatic N) is 1. The van der Waals surface area contributed by atoms with Crippen molar-refractivity contribution < 1.29 is 14.3 Å².